The van der Waals surface area contributed by atoms with Crippen molar-refractivity contribution in [2.75, 3.05) is 43.0 Å². The zero-order chi connectivity index (χ0) is 28.2. The van der Waals surface area contributed by atoms with E-state index >= 15 is 0 Å². The number of nitrogens with one attached hydrogen (secondary N) is 2. The maximum Gasteiger partial charge on any atom is 0.343 e. The monoisotopic (exact) mass is 568 g/mol. The Morgan fingerprint density at radius 3 is 2.70 bits per heavy atom. The van der Waals surface area contributed by atoms with Crippen LogP contribution in [0.1, 0.15) is 68.5 Å². The smallest absolute Gasteiger partial charge is 0.343 e. The average Bonchev–Trinajstić information content (AvgIpc) is 3.60. The number of likely N-dealkylation sites (tertiary alicyclic amines) is 1. The van der Waals surface area contributed by atoms with E-state index < -0.39 is 5.41 Å². The minimum atomic E-state index is -0.702. The molecule has 8 N–H and O–H groups in total. The summed E-state index contributed by atoms with van der Waals surface area (Å²) in [6, 6.07) is 3.27. The maximum absolute atomic E-state index is 9.01. The molecule has 3 saturated heterocycles. The number of thiophene rings is 1. The van der Waals surface area contributed by atoms with Crippen molar-refractivity contribution in [3.05, 3.63) is 22.2 Å². The van der Waals surface area contributed by atoms with Gasteiger partial charge in [-0.1, -0.05) is 0 Å². The van der Waals surface area contributed by atoms with E-state index in [9.17, 15) is 0 Å². The number of aromatic nitrogens is 2. The van der Waals surface area contributed by atoms with Gasteiger partial charge in [-0.15, -0.1) is 16.3 Å². The summed E-state index contributed by atoms with van der Waals surface area (Å²) in [5, 5.41) is 22.2. The van der Waals surface area contributed by atoms with Crippen molar-refractivity contribution in [2.24, 2.45) is 4.99 Å². The molecular formula is C28H42N9O2S+. The van der Waals surface area contributed by atoms with Crippen molar-refractivity contribution in [3.63, 3.8) is 0 Å². The van der Waals surface area contributed by atoms with E-state index in [4.69, 9.17) is 31.7 Å². The number of amidine groups is 1. The van der Waals surface area contributed by atoms with Crippen LogP contribution in [0.2, 0.25) is 0 Å². The first-order chi connectivity index (χ1) is 19.1. The third-order valence-corrected chi connectivity index (χ3v) is 10.4. The molecule has 2 aromatic heterocycles. The molecule has 12 heteroatoms. The highest BCUT2D eigenvalue weighted by Crippen LogP contribution is 2.47. The van der Waals surface area contributed by atoms with Crippen LogP contribution in [0.4, 0.5) is 16.5 Å². The molecule has 5 heterocycles. The summed E-state index contributed by atoms with van der Waals surface area (Å²) in [4.78, 5) is 19.7. The van der Waals surface area contributed by atoms with Crippen LogP contribution in [0.15, 0.2) is 11.1 Å². The lowest BCUT2D eigenvalue weighted by Gasteiger charge is -2.34. The van der Waals surface area contributed by atoms with Crippen LogP contribution in [0.5, 0.6) is 6.01 Å². The highest BCUT2D eigenvalue weighted by molar-refractivity contribution is 7.16. The van der Waals surface area contributed by atoms with Crippen LogP contribution in [-0.4, -0.2) is 82.6 Å². The Kier molecular flexibility index (Phi) is 7.12. The van der Waals surface area contributed by atoms with Gasteiger partial charge in [-0.25, -0.2) is 0 Å². The third kappa shape index (κ3) is 4.90. The van der Waals surface area contributed by atoms with Crippen LogP contribution >= 0.6 is 11.3 Å². The van der Waals surface area contributed by atoms with Gasteiger partial charge in [-0.3, -0.25) is 10.3 Å². The Bertz CT molecular complexity index is 1320. The minimum absolute atomic E-state index is 0.0719. The number of anilines is 3. The van der Waals surface area contributed by atoms with Crippen LogP contribution in [0.25, 0.3) is 0 Å². The van der Waals surface area contributed by atoms with Crippen molar-refractivity contribution in [3.8, 4) is 6.01 Å². The zero-order valence-electron chi connectivity index (χ0n) is 23.7. The fourth-order valence-corrected chi connectivity index (χ4v) is 8.22. The average molecular weight is 569 g/mol. The Morgan fingerprint density at radius 2 is 2.00 bits per heavy atom. The molecule has 4 aliphatic rings. The number of hydrogen-bond acceptors (Lipinski definition) is 10. The molecule has 2 bridgehead atoms. The summed E-state index contributed by atoms with van der Waals surface area (Å²) in [5.74, 6) is 0.780. The third-order valence-electron chi connectivity index (χ3n) is 9.31. The number of nitrogen functional groups attached to an aromatic ring is 2. The van der Waals surface area contributed by atoms with E-state index in [2.05, 4.69) is 39.1 Å². The molecule has 11 nitrogen and oxygen atoms in total. The summed E-state index contributed by atoms with van der Waals surface area (Å²) in [6.45, 7) is 6.82. The van der Waals surface area contributed by atoms with Crippen LogP contribution in [0.3, 0.4) is 0 Å². The van der Waals surface area contributed by atoms with Gasteiger partial charge in [-0.05, 0) is 72.4 Å². The molecule has 2 unspecified atom stereocenters. The number of likely N-dealkylation sites (N-methyl/N-ethyl adjacent to an activating group) is 1. The number of aliphatic imine (C=N–C) groups is 1. The molecule has 40 heavy (non-hydrogen) atoms. The maximum atomic E-state index is 9.01. The van der Waals surface area contributed by atoms with Gasteiger partial charge in [0.2, 0.25) is 0 Å². The highest BCUT2D eigenvalue weighted by Gasteiger charge is 2.45. The zero-order valence-corrected chi connectivity index (χ0v) is 24.5. The molecular weight excluding hydrogens is 526 g/mol. The van der Waals surface area contributed by atoms with Crippen LogP contribution in [-0.2, 0) is 11.8 Å². The standard InChI is InChI=1S/C28H41N9O2S/c1-15(19-6-5-11-36(19)3)39-27-33-18(12-21(34-27)37-13-16-8-9-17(14-37)32-16)24(30)35-26(38)28(2)10-4-7-20-22(28)23(29)25(31)40-20/h12,15-17,19,32H,4-11,13-14,29,31H2,1-3H3,(H2,30,35,38)/p+1/t15-,16?,17?,19-,28-/m0/s1. The molecule has 5 atom stereocenters. The van der Waals surface area contributed by atoms with E-state index in [0.29, 0.717) is 34.5 Å². The lowest BCUT2D eigenvalue weighted by molar-refractivity contribution is 0.112. The second-order valence-electron chi connectivity index (χ2n) is 12.1. The first-order valence-corrected chi connectivity index (χ1v) is 15.3. The number of piperazine rings is 1. The van der Waals surface area contributed by atoms with E-state index in [0.717, 1.165) is 80.8 Å². The van der Waals surface area contributed by atoms with E-state index in [1.54, 1.807) is 0 Å². The quantitative estimate of drug-likeness (QED) is 0.234. The lowest BCUT2D eigenvalue weighted by Crippen LogP contribution is -2.51. The highest BCUT2D eigenvalue weighted by atomic mass is 32.1. The van der Waals surface area contributed by atoms with Crippen molar-refractivity contribution in [2.45, 2.75) is 88.4 Å². The van der Waals surface area contributed by atoms with E-state index in [-0.39, 0.29) is 23.8 Å². The fourth-order valence-electron chi connectivity index (χ4n) is 7.06. The molecule has 2 aromatic rings. The molecule has 0 radical (unpaired) electrons. The molecule has 216 valence electrons. The van der Waals surface area contributed by atoms with Crippen LogP contribution < -0.4 is 26.4 Å². The number of fused-ring (bicyclic) bond motifs is 3. The summed E-state index contributed by atoms with van der Waals surface area (Å²) in [7, 11) is 2.13. The van der Waals surface area contributed by atoms with E-state index in [1.807, 2.05) is 13.0 Å². The topological polar surface area (TPSA) is 165 Å². The largest absolute Gasteiger partial charge is 0.581 e. The molecule has 1 aliphatic carbocycles. The van der Waals surface area contributed by atoms with Gasteiger partial charge in [0.1, 0.15) is 28.0 Å². The van der Waals surface area contributed by atoms with Gasteiger partial charge in [0.25, 0.3) is 0 Å². The molecule has 0 aromatic carbocycles. The lowest BCUT2D eigenvalue weighted by atomic mass is 9.73. The van der Waals surface area contributed by atoms with Gasteiger partial charge in [0.15, 0.2) is 5.84 Å². The van der Waals surface area contributed by atoms with Crippen LogP contribution in [0, 0.1) is 5.41 Å². The summed E-state index contributed by atoms with van der Waals surface area (Å²) in [6.07, 6.45) is 7.00. The second-order valence-corrected chi connectivity index (χ2v) is 13.3. The number of rotatable bonds is 6. The molecule has 6 rings (SSSR count). The molecule has 3 fully saturated rings. The SMILES string of the molecule is C[C@H](Oc1nc(C(=N)N=C([OH2+])[C@@]2(C)CCCc3sc(N)c(N)c32)cc(N2CC3CCC(C2)N3)n1)[C@@H]1CCCN1C. The summed E-state index contributed by atoms with van der Waals surface area (Å²) < 4.78 is 6.34. The first kappa shape index (κ1) is 27.2. The second kappa shape index (κ2) is 10.5. The van der Waals surface area contributed by atoms with Gasteiger partial charge in [-0.2, -0.15) is 9.97 Å². The van der Waals surface area contributed by atoms with Crippen molar-refractivity contribution < 1.29 is 9.84 Å². The molecule has 0 amide bonds. The number of nitrogens with zero attached hydrogens (tertiary/aromatic N) is 5. The molecule has 3 aliphatic heterocycles. The van der Waals surface area contributed by atoms with Crippen molar-refractivity contribution in [1.29, 1.82) is 5.41 Å². The van der Waals surface area contributed by atoms with E-state index in [1.165, 1.54) is 11.3 Å². The Labute approximate surface area is 239 Å². The molecule has 0 saturated carbocycles. The van der Waals surface area contributed by atoms with Gasteiger partial charge < -0.3 is 31.5 Å². The molecule has 0 spiro atoms. The fraction of sp³-hybridized carbons (Fsp3) is 0.643. The predicted molar refractivity (Wildman–Crippen MR) is 161 cm³/mol. The summed E-state index contributed by atoms with van der Waals surface area (Å²) >= 11 is 1.50. The predicted octanol–water partition coefficient (Wildman–Crippen LogP) is 2.25. The first-order valence-electron chi connectivity index (χ1n) is 14.5. The van der Waals surface area contributed by atoms with Crippen molar-refractivity contribution >= 4 is 39.6 Å². The number of nitrogens with two attached hydrogens (primary N) is 2. The Morgan fingerprint density at radius 1 is 1.25 bits per heavy atom. The van der Waals surface area contributed by atoms with Gasteiger partial charge in [0, 0.05) is 47.7 Å². The summed E-state index contributed by atoms with van der Waals surface area (Å²) in [5.41, 5.74) is 13.7. The number of aryl methyl sites for hydroxylation is 1. The number of ether oxygens (including phenoxy) is 1. The normalized spacial score (nSPS) is 29.4. The number of hydrogen-bond donors (Lipinski definition) is 4. The van der Waals surface area contributed by atoms with Gasteiger partial charge in [0.05, 0.1) is 5.69 Å². The Balaban J connectivity index is 1.32. The Hall–Kier alpha value is -2.96. The minimum Gasteiger partial charge on any atom is -0.581 e. The van der Waals surface area contributed by atoms with Gasteiger partial charge >= 0.3 is 11.9 Å². The van der Waals surface area contributed by atoms with Crippen molar-refractivity contribution in [1.82, 2.24) is 20.2 Å².